The van der Waals surface area contributed by atoms with Gasteiger partial charge in [0.15, 0.2) is 0 Å². The van der Waals surface area contributed by atoms with Crippen LogP contribution in [0.5, 0.6) is 0 Å². The zero-order valence-electron chi connectivity index (χ0n) is 12.7. The van der Waals surface area contributed by atoms with Crippen LogP contribution in [-0.4, -0.2) is 0 Å². The summed E-state index contributed by atoms with van der Waals surface area (Å²) in [6, 6.07) is 10.6. The molecule has 0 spiro atoms. The van der Waals surface area contributed by atoms with Crippen molar-refractivity contribution in [3.63, 3.8) is 0 Å². The highest BCUT2D eigenvalue weighted by atomic mass is 14.0. The van der Waals surface area contributed by atoms with Gasteiger partial charge >= 0.3 is 0 Å². The lowest BCUT2D eigenvalue weighted by Gasteiger charge is -2.00. The van der Waals surface area contributed by atoms with Crippen molar-refractivity contribution in [3.8, 4) is 0 Å². The number of hydrogen-bond donors (Lipinski definition) is 0. The van der Waals surface area contributed by atoms with E-state index >= 15 is 0 Å². The van der Waals surface area contributed by atoms with Crippen LogP contribution in [0.4, 0.5) is 0 Å². The van der Waals surface area contributed by atoms with Crippen molar-refractivity contribution in [3.05, 3.63) is 59.2 Å². The minimum Gasteiger partial charge on any atom is -0.0764 e. The lowest BCUT2D eigenvalue weighted by molar-refractivity contribution is 0.886. The Kier molecular flexibility index (Phi) is 10.0. The lowest BCUT2D eigenvalue weighted by atomic mass is 10.1. The first-order chi connectivity index (χ1) is 8.60. The Hall–Kier alpha value is -1.30. The fourth-order valence-corrected chi connectivity index (χ4v) is 1.29. The molecule has 0 atom stereocenters. The van der Waals surface area contributed by atoms with Crippen LogP contribution in [0.2, 0.25) is 0 Å². The van der Waals surface area contributed by atoms with Gasteiger partial charge < -0.3 is 0 Å². The van der Waals surface area contributed by atoms with Gasteiger partial charge in [0.05, 0.1) is 0 Å². The summed E-state index contributed by atoms with van der Waals surface area (Å²) in [5, 5.41) is 0. The van der Waals surface area contributed by atoms with Gasteiger partial charge in [-0.1, -0.05) is 80.3 Å². The first-order valence-electron chi connectivity index (χ1n) is 6.94. The fraction of sp³-hybridized carbons (Fsp3) is 0.444. The van der Waals surface area contributed by atoms with Crippen molar-refractivity contribution in [2.75, 3.05) is 0 Å². The van der Waals surface area contributed by atoms with E-state index in [1.54, 1.807) is 0 Å². The molecule has 18 heavy (non-hydrogen) atoms. The van der Waals surface area contributed by atoms with Crippen molar-refractivity contribution < 1.29 is 0 Å². The molecule has 0 saturated carbocycles. The Morgan fingerprint density at radius 2 is 1.44 bits per heavy atom. The number of rotatable bonds is 4. The minimum atomic E-state index is 1.05. The number of allylic oxidation sites excluding steroid dienone is 4. The molecule has 0 amide bonds. The van der Waals surface area contributed by atoms with Crippen LogP contribution in [0.1, 0.15) is 53.0 Å². The predicted molar refractivity (Wildman–Crippen MR) is 83.9 cm³/mol. The van der Waals surface area contributed by atoms with Gasteiger partial charge in [-0.25, -0.2) is 0 Å². The molecule has 1 aromatic rings. The van der Waals surface area contributed by atoms with Gasteiger partial charge in [-0.3, -0.25) is 0 Å². The van der Waals surface area contributed by atoms with E-state index < -0.39 is 0 Å². The SMILES string of the molecule is CC(C)=C/C=C(\C)Cc1ccccc1.CCCC. The van der Waals surface area contributed by atoms with Gasteiger partial charge in [0.2, 0.25) is 0 Å². The summed E-state index contributed by atoms with van der Waals surface area (Å²) in [5.41, 5.74) is 4.12. The van der Waals surface area contributed by atoms with Crippen molar-refractivity contribution in [2.45, 2.75) is 53.9 Å². The summed E-state index contributed by atoms with van der Waals surface area (Å²) in [5.74, 6) is 0. The molecule has 1 rings (SSSR count). The molecule has 0 bridgehead atoms. The molecule has 0 fully saturated rings. The zero-order chi connectivity index (χ0) is 13.8. The average Bonchev–Trinajstić information content (AvgIpc) is 2.38. The van der Waals surface area contributed by atoms with Crippen LogP contribution in [0.15, 0.2) is 53.6 Å². The molecule has 0 heterocycles. The van der Waals surface area contributed by atoms with Gasteiger partial charge in [-0.2, -0.15) is 0 Å². The largest absolute Gasteiger partial charge is 0.0764 e. The molecule has 0 radical (unpaired) electrons. The molecule has 100 valence electrons. The quantitative estimate of drug-likeness (QED) is 0.574. The van der Waals surface area contributed by atoms with Gasteiger partial charge in [0.25, 0.3) is 0 Å². The molecule has 0 aromatic heterocycles. The first kappa shape index (κ1) is 16.7. The minimum absolute atomic E-state index is 1.05. The van der Waals surface area contributed by atoms with Gasteiger partial charge in [-0.05, 0) is 32.8 Å². The Bertz CT molecular complexity index is 349. The van der Waals surface area contributed by atoms with Crippen molar-refractivity contribution in [1.82, 2.24) is 0 Å². The monoisotopic (exact) mass is 244 g/mol. The predicted octanol–water partition coefficient (Wildman–Crippen LogP) is 5.95. The van der Waals surface area contributed by atoms with Crippen LogP contribution in [-0.2, 0) is 6.42 Å². The standard InChI is InChI=1S/C14H18.C4H10/c1-12(2)9-10-13(3)11-14-7-5-4-6-8-14;1-3-4-2/h4-10H,11H2,1-3H3;3-4H2,1-2H3/b13-10+;. The number of benzene rings is 1. The lowest BCUT2D eigenvalue weighted by Crippen LogP contribution is -1.85. The van der Waals surface area contributed by atoms with Crippen LogP contribution in [0.25, 0.3) is 0 Å². The second-order valence-electron chi connectivity index (χ2n) is 4.92. The van der Waals surface area contributed by atoms with Crippen molar-refractivity contribution >= 4 is 0 Å². The van der Waals surface area contributed by atoms with E-state index in [4.69, 9.17) is 0 Å². The Morgan fingerprint density at radius 3 is 1.89 bits per heavy atom. The third-order valence-electron chi connectivity index (χ3n) is 2.53. The third-order valence-corrected chi connectivity index (χ3v) is 2.53. The van der Waals surface area contributed by atoms with Crippen molar-refractivity contribution in [1.29, 1.82) is 0 Å². The fourth-order valence-electron chi connectivity index (χ4n) is 1.29. The van der Waals surface area contributed by atoms with Crippen LogP contribution in [0, 0.1) is 0 Å². The summed E-state index contributed by atoms with van der Waals surface area (Å²) in [4.78, 5) is 0. The molecule has 0 nitrogen and oxygen atoms in total. The second kappa shape index (κ2) is 10.8. The molecular formula is C18H28. The van der Waals surface area contributed by atoms with E-state index in [1.165, 1.54) is 29.6 Å². The number of hydrogen-bond acceptors (Lipinski definition) is 0. The van der Waals surface area contributed by atoms with E-state index in [1.807, 2.05) is 0 Å². The summed E-state index contributed by atoms with van der Waals surface area (Å²) >= 11 is 0. The molecular weight excluding hydrogens is 216 g/mol. The Balaban J connectivity index is 0.000000631. The van der Waals surface area contributed by atoms with Crippen LogP contribution < -0.4 is 0 Å². The van der Waals surface area contributed by atoms with Gasteiger partial charge in [0, 0.05) is 0 Å². The average molecular weight is 244 g/mol. The molecule has 0 N–H and O–H groups in total. The number of unbranched alkanes of at least 4 members (excludes halogenated alkanes) is 1. The molecule has 0 aliphatic rings. The van der Waals surface area contributed by atoms with Crippen LogP contribution >= 0.6 is 0 Å². The van der Waals surface area contributed by atoms with Gasteiger partial charge in [0.1, 0.15) is 0 Å². The van der Waals surface area contributed by atoms with E-state index in [0.29, 0.717) is 0 Å². The zero-order valence-corrected chi connectivity index (χ0v) is 12.7. The molecule has 0 heteroatoms. The maximum atomic E-state index is 2.20. The molecule has 0 aliphatic heterocycles. The molecule has 1 aromatic carbocycles. The van der Waals surface area contributed by atoms with E-state index in [-0.39, 0.29) is 0 Å². The highest BCUT2D eigenvalue weighted by molar-refractivity contribution is 5.23. The Morgan fingerprint density at radius 1 is 0.889 bits per heavy atom. The van der Waals surface area contributed by atoms with Crippen LogP contribution in [0.3, 0.4) is 0 Å². The van der Waals surface area contributed by atoms with E-state index in [2.05, 4.69) is 77.1 Å². The summed E-state index contributed by atoms with van der Waals surface area (Å²) in [6.07, 6.45) is 8.05. The third kappa shape index (κ3) is 9.89. The van der Waals surface area contributed by atoms with Crippen molar-refractivity contribution in [2.24, 2.45) is 0 Å². The maximum Gasteiger partial charge on any atom is -0.00668 e. The topological polar surface area (TPSA) is 0 Å². The van der Waals surface area contributed by atoms with E-state index in [9.17, 15) is 0 Å². The van der Waals surface area contributed by atoms with Gasteiger partial charge in [-0.15, -0.1) is 0 Å². The maximum absolute atomic E-state index is 2.20. The normalized spacial score (nSPS) is 10.4. The highest BCUT2D eigenvalue weighted by Crippen LogP contribution is 2.07. The highest BCUT2D eigenvalue weighted by Gasteiger charge is 1.91. The molecule has 0 aliphatic carbocycles. The summed E-state index contributed by atoms with van der Waals surface area (Å²) < 4.78 is 0. The summed E-state index contributed by atoms with van der Waals surface area (Å²) in [6.45, 7) is 10.8. The first-order valence-corrected chi connectivity index (χ1v) is 6.94. The summed E-state index contributed by atoms with van der Waals surface area (Å²) in [7, 11) is 0. The smallest absolute Gasteiger partial charge is 0.00668 e. The molecule has 0 unspecified atom stereocenters. The Labute approximate surface area is 113 Å². The second-order valence-corrected chi connectivity index (χ2v) is 4.92. The van der Waals surface area contributed by atoms with E-state index in [0.717, 1.165) is 6.42 Å². The molecule has 0 saturated heterocycles.